The predicted molar refractivity (Wildman–Crippen MR) is 134 cm³/mol. The quantitative estimate of drug-likeness (QED) is 0.412. The van der Waals surface area contributed by atoms with Crippen molar-refractivity contribution in [3.8, 4) is 5.75 Å². The Morgan fingerprint density at radius 2 is 1.79 bits per heavy atom. The average Bonchev–Trinajstić information content (AvgIpc) is 3.25. The number of nitrogens with one attached hydrogen (secondary N) is 2. The van der Waals surface area contributed by atoms with Crippen molar-refractivity contribution in [2.24, 2.45) is 0 Å². The first-order valence-corrected chi connectivity index (χ1v) is 11.6. The van der Waals surface area contributed by atoms with Gasteiger partial charge in [-0.2, -0.15) is 0 Å². The van der Waals surface area contributed by atoms with Crippen LogP contribution in [0.5, 0.6) is 5.75 Å². The van der Waals surface area contributed by atoms with Gasteiger partial charge in [-0.15, -0.1) is 0 Å². The lowest BCUT2D eigenvalue weighted by molar-refractivity contribution is -0.143. The van der Waals surface area contributed by atoms with Crippen LogP contribution in [0, 0.1) is 6.92 Å². The zero-order valence-electron chi connectivity index (χ0n) is 19.8. The number of esters is 1. The van der Waals surface area contributed by atoms with Crippen molar-refractivity contribution < 1.29 is 19.1 Å². The molecular formula is C28H30N2O4. The van der Waals surface area contributed by atoms with Gasteiger partial charge in [-0.05, 0) is 49.1 Å². The van der Waals surface area contributed by atoms with Gasteiger partial charge in [0.1, 0.15) is 5.75 Å². The first kappa shape index (κ1) is 23.4. The van der Waals surface area contributed by atoms with E-state index in [1.165, 1.54) is 0 Å². The van der Waals surface area contributed by atoms with Crippen LogP contribution in [0.3, 0.4) is 0 Å². The fourth-order valence-electron chi connectivity index (χ4n) is 4.20. The highest BCUT2D eigenvalue weighted by molar-refractivity contribution is 6.01. The summed E-state index contributed by atoms with van der Waals surface area (Å²) in [6.07, 6.45) is 0.262. The lowest BCUT2D eigenvalue weighted by Gasteiger charge is -2.18. The largest absolute Gasteiger partial charge is 0.490 e. The molecule has 2 atom stereocenters. The molecule has 3 aromatic rings. The van der Waals surface area contributed by atoms with Crippen LogP contribution in [-0.4, -0.2) is 25.2 Å². The molecule has 1 aliphatic rings. The standard InChI is InChI=1S/C28H30N2O4/c1-4-33-26(31)14-19(3)21-15-23-24(20-8-6-5-7-9-20)17-34-27(23)25(16-21)30-28(32)29-22-12-10-18(2)11-13-22/h5-13,15-16,19,24H,4,14,17H2,1-3H3,(H2,29,30,32). The number of fused-ring (bicyclic) bond motifs is 1. The number of aryl methyl sites for hydroxylation is 1. The van der Waals surface area contributed by atoms with Gasteiger partial charge in [0.2, 0.25) is 0 Å². The van der Waals surface area contributed by atoms with Gasteiger partial charge < -0.3 is 20.1 Å². The number of anilines is 2. The molecule has 3 aromatic carbocycles. The number of carbonyl (C=O) groups is 2. The van der Waals surface area contributed by atoms with Crippen LogP contribution in [0.25, 0.3) is 0 Å². The summed E-state index contributed by atoms with van der Waals surface area (Å²) in [7, 11) is 0. The molecule has 0 radical (unpaired) electrons. The van der Waals surface area contributed by atoms with Crippen LogP contribution >= 0.6 is 0 Å². The first-order valence-electron chi connectivity index (χ1n) is 11.6. The van der Waals surface area contributed by atoms with Gasteiger partial charge in [-0.25, -0.2) is 4.79 Å². The number of ether oxygens (including phenoxy) is 2. The Labute approximate surface area is 200 Å². The van der Waals surface area contributed by atoms with E-state index in [0.717, 1.165) is 22.3 Å². The van der Waals surface area contributed by atoms with Gasteiger partial charge in [-0.3, -0.25) is 4.79 Å². The van der Waals surface area contributed by atoms with Crippen molar-refractivity contribution in [1.29, 1.82) is 0 Å². The predicted octanol–water partition coefficient (Wildman–Crippen LogP) is 6.22. The van der Waals surface area contributed by atoms with Crippen LogP contribution in [0.1, 0.15) is 54.4 Å². The molecule has 176 valence electrons. The Bertz CT molecular complexity index is 1160. The van der Waals surface area contributed by atoms with E-state index in [-0.39, 0.29) is 30.3 Å². The van der Waals surface area contributed by atoms with Gasteiger partial charge in [0.15, 0.2) is 0 Å². The molecule has 0 fully saturated rings. The fraction of sp³-hybridized carbons (Fsp3) is 0.286. The van der Waals surface area contributed by atoms with Gasteiger partial charge in [0.05, 0.1) is 25.3 Å². The lowest BCUT2D eigenvalue weighted by Crippen LogP contribution is -2.20. The molecule has 0 aliphatic carbocycles. The summed E-state index contributed by atoms with van der Waals surface area (Å²) in [5.74, 6) is 0.395. The highest BCUT2D eigenvalue weighted by atomic mass is 16.5. The minimum atomic E-state index is -0.354. The van der Waals surface area contributed by atoms with Crippen LogP contribution in [-0.2, 0) is 9.53 Å². The maximum absolute atomic E-state index is 12.8. The molecule has 2 unspecified atom stereocenters. The van der Waals surface area contributed by atoms with E-state index in [2.05, 4.69) is 28.8 Å². The number of benzene rings is 3. The van der Waals surface area contributed by atoms with Crippen molar-refractivity contribution >= 4 is 23.4 Å². The molecule has 0 saturated carbocycles. The maximum Gasteiger partial charge on any atom is 0.323 e. The zero-order chi connectivity index (χ0) is 24.1. The Kier molecular flexibility index (Phi) is 7.16. The number of hydrogen-bond donors (Lipinski definition) is 2. The molecule has 0 spiro atoms. The van der Waals surface area contributed by atoms with Crippen molar-refractivity contribution in [2.45, 2.75) is 39.0 Å². The Hall–Kier alpha value is -3.80. The highest BCUT2D eigenvalue weighted by Crippen LogP contribution is 2.45. The number of carbonyl (C=O) groups excluding carboxylic acids is 2. The van der Waals surface area contributed by atoms with E-state index < -0.39 is 0 Å². The second-order valence-electron chi connectivity index (χ2n) is 8.62. The molecule has 4 rings (SSSR count). The zero-order valence-corrected chi connectivity index (χ0v) is 19.8. The van der Waals surface area contributed by atoms with Crippen LogP contribution < -0.4 is 15.4 Å². The molecule has 0 saturated heterocycles. The molecular weight excluding hydrogens is 428 g/mol. The first-order chi connectivity index (χ1) is 16.4. The number of rotatable bonds is 7. The molecule has 0 bridgehead atoms. The summed E-state index contributed by atoms with van der Waals surface area (Å²) in [5, 5.41) is 5.83. The van der Waals surface area contributed by atoms with Gasteiger partial charge in [-0.1, -0.05) is 61.0 Å². The Morgan fingerprint density at radius 3 is 2.50 bits per heavy atom. The lowest BCUT2D eigenvalue weighted by atomic mass is 9.88. The van der Waals surface area contributed by atoms with E-state index >= 15 is 0 Å². The normalized spacial score (nSPS) is 15.1. The number of amides is 2. The van der Waals surface area contributed by atoms with Crippen molar-refractivity contribution in [2.75, 3.05) is 23.8 Å². The van der Waals surface area contributed by atoms with Gasteiger partial charge in [0.25, 0.3) is 0 Å². The molecule has 2 amide bonds. The number of hydrogen-bond acceptors (Lipinski definition) is 4. The highest BCUT2D eigenvalue weighted by Gasteiger charge is 2.30. The minimum Gasteiger partial charge on any atom is -0.490 e. The monoisotopic (exact) mass is 458 g/mol. The molecule has 0 aromatic heterocycles. The SMILES string of the molecule is CCOC(=O)CC(C)c1cc(NC(=O)Nc2ccc(C)cc2)c2c(c1)C(c1ccccc1)CO2. The summed E-state index contributed by atoms with van der Waals surface area (Å²) >= 11 is 0. The third-order valence-electron chi connectivity index (χ3n) is 6.02. The summed E-state index contributed by atoms with van der Waals surface area (Å²) in [5.41, 5.74) is 5.51. The summed E-state index contributed by atoms with van der Waals surface area (Å²) in [6.45, 7) is 6.63. The average molecular weight is 459 g/mol. The molecule has 1 aliphatic heterocycles. The van der Waals surface area contributed by atoms with E-state index in [4.69, 9.17) is 9.47 Å². The van der Waals surface area contributed by atoms with Crippen LogP contribution in [0.2, 0.25) is 0 Å². The smallest absolute Gasteiger partial charge is 0.323 e. The molecule has 6 heteroatoms. The van der Waals surface area contributed by atoms with Gasteiger partial charge in [0, 0.05) is 17.2 Å². The maximum atomic E-state index is 12.8. The van der Waals surface area contributed by atoms with Crippen LogP contribution in [0.4, 0.5) is 16.2 Å². The number of urea groups is 1. The second-order valence-corrected chi connectivity index (χ2v) is 8.62. The summed E-state index contributed by atoms with van der Waals surface area (Å²) in [6, 6.07) is 21.4. The summed E-state index contributed by atoms with van der Waals surface area (Å²) in [4.78, 5) is 24.9. The van der Waals surface area contributed by atoms with Crippen molar-refractivity contribution in [3.05, 3.63) is 89.0 Å². The summed E-state index contributed by atoms with van der Waals surface area (Å²) < 4.78 is 11.2. The third kappa shape index (κ3) is 5.39. The van der Waals surface area contributed by atoms with Crippen molar-refractivity contribution in [3.63, 3.8) is 0 Å². The Balaban J connectivity index is 1.64. The Morgan fingerprint density at radius 1 is 1.06 bits per heavy atom. The second kappa shape index (κ2) is 10.4. The van der Waals surface area contributed by atoms with Crippen LogP contribution in [0.15, 0.2) is 66.7 Å². The van der Waals surface area contributed by atoms with Gasteiger partial charge >= 0.3 is 12.0 Å². The molecule has 1 heterocycles. The van der Waals surface area contributed by atoms with E-state index in [1.54, 1.807) is 6.92 Å². The molecule has 6 nitrogen and oxygen atoms in total. The molecule has 2 N–H and O–H groups in total. The van der Waals surface area contributed by atoms with E-state index in [1.807, 2.05) is 62.4 Å². The minimum absolute atomic E-state index is 0.0478. The van der Waals surface area contributed by atoms with E-state index in [0.29, 0.717) is 30.3 Å². The fourth-order valence-corrected chi connectivity index (χ4v) is 4.20. The third-order valence-corrected chi connectivity index (χ3v) is 6.02. The van der Waals surface area contributed by atoms with E-state index in [9.17, 15) is 9.59 Å². The van der Waals surface area contributed by atoms with Crippen molar-refractivity contribution in [1.82, 2.24) is 0 Å². The molecule has 34 heavy (non-hydrogen) atoms. The topological polar surface area (TPSA) is 76.7 Å².